The summed E-state index contributed by atoms with van der Waals surface area (Å²) in [5.41, 5.74) is 0.324. The number of hydrogen-bond acceptors (Lipinski definition) is 8. The first kappa shape index (κ1) is 30.8. The summed E-state index contributed by atoms with van der Waals surface area (Å²) in [6, 6.07) is 8.20. The first-order valence-corrected chi connectivity index (χ1v) is 14.2. The number of aromatic nitrogens is 5. The normalized spacial score (nSPS) is 14.2. The summed E-state index contributed by atoms with van der Waals surface area (Å²) in [5.74, 6) is -0.976. The number of nitriles is 1. The van der Waals surface area contributed by atoms with Crippen LogP contribution < -0.4 is 15.4 Å². The molecule has 4 heterocycles. The van der Waals surface area contributed by atoms with Crippen molar-refractivity contribution >= 4 is 34.7 Å². The molecule has 12 nitrogen and oxygen atoms in total. The van der Waals surface area contributed by atoms with Crippen LogP contribution in [0.3, 0.4) is 0 Å². The zero-order chi connectivity index (χ0) is 31.4. The lowest BCUT2D eigenvalue weighted by atomic mass is 9.94. The van der Waals surface area contributed by atoms with Gasteiger partial charge in [0.2, 0.25) is 5.91 Å². The molecule has 0 bridgehead atoms. The molecule has 3 aromatic heterocycles. The molecule has 0 unspecified atom stereocenters. The van der Waals surface area contributed by atoms with Gasteiger partial charge >= 0.3 is 6.61 Å². The fourth-order valence-electron chi connectivity index (χ4n) is 4.87. The Labute approximate surface area is 256 Å². The molecule has 0 radical (unpaired) electrons. The molecular formula is C29H30ClF2N9O3. The predicted octanol–water partition coefficient (Wildman–Crippen LogP) is 4.23. The number of carbonyl (C=O) groups excluding carboxylic acids is 2. The summed E-state index contributed by atoms with van der Waals surface area (Å²) in [6.45, 7) is 2.05. The van der Waals surface area contributed by atoms with Gasteiger partial charge in [0.05, 0.1) is 23.4 Å². The van der Waals surface area contributed by atoms with Crippen molar-refractivity contribution in [2.75, 3.05) is 25.0 Å². The molecule has 2 amide bonds. The van der Waals surface area contributed by atoms with Gasteiger partial charge in [0.15, 0.2) is 5.65 Å². The molecule has 1 aliphatic heterocycles. The zero-order valence-corrected chi connectivity index (χ0v) is 24.8. The number of alkyl halides is 2. The summed E-state index contributed by atoms with van der Waals surface area (Å²) >= 11 is 6.20. The number of nitrogens with one attached hydrogen (secondary N) is 2. The lowest BCUT2D eigenvalue weighted by molar-refractivity contribution is -0.133. The van der Waals surface area contributed by atoms with Crippen LogP contribution >= 0.6 is 11.6 Å². The fraction of sp³-hybridized carbons (Fsp3) is 0.379. The Morgan fingerprint density at radius 1 is 1.27 bits per heavy atom. The van der Waals surface area contributed by atoms with Gasteiger partial charge in [0.1, 0.15) is 23.6 Å². The van der Waals surface area contributed by atoms with Crippen molar-refractivity contribution in [3.05, 3.63) is 59.6 Å². The number of benzene rings is 1. The minimum Gasteiger partial charge on any atom is -0.434 e. The van der Waals surface area contributed by atoms with Crippen LogP contribution in [0.5, 0.6) is 5.75 Å². The number of rotatable bonds is 10. The molecule has 1 saturated heterocycles. The molecule has 0 aliphatic carbocycles. The van der Waals surface area contributed by atoms with E-state index in [9.17, 15) is 23.6 Å². The van der Waals surface area contributed by atoms with E-state index in [1.807, 2.05) is 13.8 Å². The minimum atomic E-state index is -3.12. The average molecular weight is 626 g/mol. The number of nitrogens with zero attached hydrogens (tertiary/aromatic N) is 7. The van der Waals surface area contributed by atoms with Gasteiger partial charge in [-0.2, -0.15) is 24.2 Å². The highest BCUT2D eigenvalue weighted by atomic mass is 35.5. The van der Waals surface area contributed by atoms with Crippen molar-refractivity contribution in [3.8, 4) is 23.1 Å². The number of carbonyl (C=O) groups is 2. The fourth-order valence-corrected chi connectivity index (χ4v) is 5.04. The molecule has 2 N–H and O–H groups in total. The van der Waals surface area contributed by atoms with E-state index in [2.05, 4.69) is 31.9 Å². The standard InChI is InChI=1S/C29H30ClF2N9O3/c1-29(2,16-33)17-35-19-6-10-39(11-7-19)24(42)15-40-14-22(37-27(43)21-13-36-41-9-3-8-34-26(21)41)25(38-40)20-12-18(30)4-5-23(20)44-28(31)32/h3-5,8-9,12-14,19,28,35H,6-7,10-11,15,17H2,1-2H3,(H,37,43). The van der Waals surface area contributed by atoms with Crippen LogP contribution in [0.25, 0.3) is 16.9 Å². The molecule has 5 rings (SSSR count). The van der Waals surface area contributed by atoms with E-state index in [4.69, 9.17) is 16.3 Å². The van der Waals surface area contributed by atoms with Gasteiger partial charge in [-0.25, -0.2) is 9.50 Å². The molecule has 0 spiro atoms. The molecule has 230 valence electrons. The van der Waals surface area contributed by atoms with Crippen molar-refractivity contribution < 1.29 is 23.1 Å². The molecule has 0 atom stereocenters. The van der Waals surface area contributed by atoms with E-state index in [1.165, 1.54) is 46.0 Å². The second-order valence-electron chi connectivity index (χ2n) is 11.0. The average Bonchev–Trinajstić information content (AvgIpc) is 3.61. The first-order chi connectivity index (χ1) is 21.0. The maximum absolute atomic E-state index is 13.3. The van der Waals surface area contributed by atoms with Gasteiger partial charge in [-0.3, -0.25) is 14.3 Å². The minimum absolute atomic E-state index is 0.0803. The van der Waals surface area contributed by atoms with Gasteiger partial charge in [-0.15, -0.1) is 0 Å². The van der Waals surface area contributed by atoms with Crippen LogP contribution in [0.15, 0.2) is 49.1 Å². The van der Waals surface area contributed by atoms with E-state index in [1.54, 1.807) is 17.2 Å². The van der Waals surface area contributed by atoms with Crippen molar-refractivity contribution in [2.45, 2.75) is 45.9 Å². The number of hydrogen-bond donors (Lipinski definition) is 2. The molecule has 1 fully saturated rings. The second-order valence-corrected chi connectivity index (χ2v) is 11.5. The topological polar surface area (TPSA) is 142 Å². The quantitative estimate of drug-likeness (QED) is 0.267. The van der Waals surface area contributed by atoms with E-state index in [-0.39, 0.29) is 51.8 Å². The van der Waals surface area contributed by atoms with Crippen molar-refractivity contribution in [1.29, 1.82) is 5.26 Å². The van der Waals surface area contributed by atoms with E-state index in [0.717, 1.165) is 12.8 Å². The zero-order valence-electron chi connectivity index (χ0n) is 24.0. The number of ether oxygens (including phenoxy) is 1. The summed E-state index contributed by atoms with van der Waals surface area (Å²) in [7, 11) is 0. The Bertz CT molecular complexity index is 1710. The summed E-state index contributed by atoms with van der Waals surface area (Å²) in [5, 5.41) is 24.3. The third-order valence-corrected chi connectivity index (χ3v) is 7.46. The van der Waals surface area contributed by atoms with Crippen LogP contribution in [-0.2, 0) is 11.3 Å². The number of fused-ring (bicyclic) bond motifs is 1. The van der Waals surface area contributed by atoms with Crippen LogP contribution in [0.1, 0.15) is 37.0 Å². The summed E-state index contributed by atoms with van der Waals surface area (Å²) in [6.07, 6.45) is 7.42. The van der Waals surface area contributed by atoms with E-state index in [0.29, 0.717) is 25.3 Å². The molecule has 44 heavy (non-hydrogen) atoms. The Morgan fingerprint density at radius 3 is 2.77 bits per heavy atom. The predicted molar refractivity (Wildman–Crippen MR) is 157 cm³/mol. The number of anilines is 1. The van der Waals surface area contributed by atoms with Crippen molar-refractivity contribution in [3.63, 3.8) is 0 Å². The van der Waals surface area contributed by atoms with E-state index < -0.39 is 17.9 Å². The molecule has 1 aromatic carbocycles. The number of likely N-dealkylation sites (tertiary alicyclic amines) is 1. The Balaban J connectivity index is 1.38. The first-order valence-electron chi connectivity index (χ1n) is 13.9. The van der Waals surface area contributed by atoms with Gasteiger partial charge in [-0.05, 0) is 51.0 Å². The highest BCUT2D eigenvalue weighted by molar-refractivity contribution is 6.31. The molecule has 0 saturated carbocycles. The maximum atomic E-state index is 13.3. The van der Waals surface area contributed by atoms with Crippen LogP contribution in [0.2, 0.25) is 5.02 Å². The molecule has 4 aromatic rings. The number of amides is 2. The largest absolute Gasteiger partial charge is 0.434 e. The second kappa shape index (κ2) is 12.9. The van der Waals surface area contributed by atoms with Crippen LogP contribution in [0.4, 0.5) is 14.5 Å². The molecule has 15 heteroatoms. The van der Waals surface area contributed by atoms with Gasteiger partial charge in [0.25, 0.3) is 5.91 Å². The number of piperidine rings is 1. The lowest BCUT2D eigenvalue weighted by Crippen LogP contribution is -2.47. The van der Waals surface area contributed by atoms with Crippen LogP contribution in [0, 0.1) is 16.7 Å². The number of halogens is 3. The van der Waals surface area contributed by atoms with Gasteiger partial charge in [-0.1, -0.05) is 11.6 Å². The third-order valence-electron chi connectivity index (χ3n) is 7.23. The molecule has 1 aliphatic rings. The lowest BCUT2D eigenvalue weighted by Gasteiger charge is -2.33. The Kier molecular flexibility index (Phi) is 9.07. The highest BCUT2D eigenvalue weighted by Gasteiger charge is 2.27. The van der Waals surface area contributed by atoms with Gasteiger partial charge < -0.3 is 20.3 Å². The van der Waals surface area contributed by atoms with Crippen molar-refractivity contribution in [1.82, 2.24) is 34.6 Å². The SMILES string of the molecule is CC(C)(C#N)CNC1CCN(C(=O)Cn2cc(NC(=O)c3cnn4cccnc34)c(-c3cc(Cl)ccc3OC(F)F)n2)CC1. The summed E-state index contributed by atoms with van der Waals surface area (Å²) < 4.78 is 34.0. The monoisotopic (exact) mass is 625 g/mol. The highest BCUT2D eigenvalue weighted by Crippen LogP contribution is 2.37. The Morgan fingerprint density at radius 2 is 2.05 bits per heavy atom. The smallest absolute Gasteiger partial charge is 0.387 e. The molecular weight excluding hydrogens is 596 g/mol. The van der Waals surface area contributed by atoms with Crippen molar-refractivity contribution in [2.24, 2.45) is 5.41 Å². The summed E-state index contributed by atoms with van der Waals surface area (Å²) in [4.78, 5) is 32.5. The van der Waals surface area contributed by atoms with E-state index >= 15 is 0 Å². The van der Waals surface area contributed by atoms with Crippen LogP contribution in [-0.4, -0.2) is 73.4 Å². The van der Waals surface area contributed by atoms with Gasteiger partial charge in [0, 0.05) is 54.9 Å². The maximum Gasteiger partial charge on any atom is 0.387 e. The Hall–Kier alpha value is -4.61. The third kappa shape index (κ3) is 7.12.